The molecule has 1 amide bonds. The zero-order valence-corrected chi connectivity index (χ0v) is 12.8. The van der Waals surface area contributed by atoms with Gasteiger partial charge in [-0.1, -0.05) is 45.0 Å². The number of carbonyl (C=O) groups is 1. The molecule has 1 aromatic carbocycles. The van der Waals surface area contributed by atoms with Gasteiger partial charge in [0.25, 0.3) is 0 Å². The molecule has 0 bridgehead atoms. The second-order valence-corrected chi connectivity index (χ2v) is 5.25. The van der Waals surface area contributed by atoms with Gasteiger partial charge in [-0.05, 0) is 17.5 Å². The summed E-state index contributed by atoms with van der Waals surface area (Å²) < 4.78 is 0. The monoisotopic (exact) mass is 284 g/mol. The molecule has 4 heteroatoms. The fraction of sp³-hybridized carbons (Fsp3) is 0.533. The van der Waals surface area contributed by atoms with Crippen molar-refractivity contribution in [2.45, 2.75) is 39.0 Å². The molecule has 0 aliphatic rings. The first kappa shape index (κ1) is 17.9. The normalized spacial score (nSPS) is 10.7. The third-order valence-electron chi connectivity index (χ3n) is 3.24. The van der Waals surface area contributed by atoms with Crippen molar-refractivity contribution in [3.8, 4) is 0 Å². The SMILES string of the molecule is CCc1ccc(C(C)(C)CNC(=O)CCN)cc1.Cl. The smallest absolute Gasteiger partial charge is 0.221 e. The van der Waals surface area contributed by atoms with Crippen LogP contribution in [0.25, 0.3) is 0 Å². The summed E-state index contributed by atoms with van der Waals surface area (Å²) in [6.07, 6.45) is 1.44. The van der Waals surface area contributed by atoms with Crippen molar-refractivity contribution in [3.05, 3.63) is 35.4 Å². The molecule has 3 nitrogen and oxygen atoms in total. The van der Waals surface area contributed by atoms with Gasteiger partial charge in [0.1, 0.15) is 0 Å². The van der Waals surface area contributed by atoms with Crippen LogP contribution in [0, 0.1) is 0 Å². The molecule has 0 saturated carbocycles. The van der Waals surface area contributed by atoms with Crippen molar-refractivity contribution >= 4 is 18.3 Å². The Bertz CT molecular complexity index is 388. The van der Waals surface area contributed by atoms with E-state index in [1.54, 1.807) is 0 Å². The van der Waals surface area contributed by atoms with Crippen LogP contribution in [0.1, 0.15) is 38.3 Å². The van der Waals surface area contributed by atoms with Gasteiger partial charge in [0.15, 0.2) is 0 Å². The van der Waals surface area contributed by atoms with Crippen molar-refractivity contribution in [3.63, 3.8) is 0 Å². The molecule has 0 unspecified atom stereocenters. The number of benzene rings is 1. The summed E-state index contributed by atoms with van der Waals surface area (Å²) in [6.45, 7) is 7.45. The molecule has 0 fully saturated rings. The molecule has 0 radical (unpaired) electrons. The molecule has 0 saturated heterocycles. The number of aryl methyl sites for hydroxylation is 1. The molecule has 1 rings (SSSR count). The third kappa shape index (κ3) is 5.62. The van der Waals surface area contributed by atoms with Crippen molar-refractivity contribution in [2.75, 3.05) is 13.1 Å². The Hall–Kier alpha value is -1.06. The number of hydrogen-bond acceptors (Lipinski definition) is 2. The van der Waals surface area contributed by atoms with E-state index >= 15 is 0 Å². The lowest BCUT2D eigenvalue weighted by Gasteiger charge is -2.26. The Morgan fingerprint density at radius 2 is 1.84 bits per heavy atom. The highest BCUT2D eigenvalue weighted by Crippen LogP contribution is 2.22. The fourth-order valence-corrected chi connectivity index (χ4v) is 1.83. The van der Waals surface area contributed by atoms with Gasteiger partial charge in [0, 0.05) is 24.9 Å². The molecular formula is C15H25ClN2O. The Balaban J connectivity index is 0.00000324. The van der Waals surface area contributed by atoms with Crippen molar-refractivity contribution < 1.29 is 4.79 Å². The first-order valence-corrected chi connectivity index (χ1v) is 6.56. The number of carbonyl (C=O) groups excluding carboxylic acids is 1. The van der Waals surface area contributed by atoms with Gasteiger partial charge in [-0.25, -0.2) is 0 Å². The maximum absolute atomic E-state index is 11.4. The van der Waals surface area contributed by atoms with E-state index in [1.165, 1.54) is 11.1 Å². The fourth-order valence-electron chi connectivity index (χ4n) is 1.83. The minimum Gasteiger partial charge on any atom is -0.355 e. The summed E-state index contributed by atoms with van der Waals surface area (Å²) in [6, 6.07) is 8.60. The van der Waals surface area contributed by atoms with E-state index in [1.807, 2.05) is 0 Å². The quantitative estimate of drug-likeness (QED) is 0.843. The van der Waals surface area contributed by atoms with Crippen LogP contribution in [0.5, 0.6) is 0 Å². The Morgan fingerprint density at radius 3 is 2.32 bits per heavy atom. The summed E-state index contributed by atoms with van der Waals surface area (Å²) in [5.74, 6) is 0.0238. The number of nitrogens with two attached hydrogens (primary N) is 1. The highest BCUT2D eigenvalue weighted by molar-refractivity contribution is 5.85. The lowest BCUT2D eigenvalue weighted by molar-refractivity contribution is -0.121. The van der Waals surface area contributed by atoms with E-state index in [2.05, 4.69) is 50.4 Å². The van der Waals surface area contributed by atoms with Gasteiger partial charge in [-0.15, -0.1) is 12.4 Å². The topological polar surface area (TPSA) is 55.1 Å². The number of amides is 1. The average Bonchev–Trinajstić information content (AvgIpc) is 2.37. The zero-order chi connectivity index (χ0) is 13.6. The predicted octanol–water partition coefficient (Wildman–Crippen LogP) is 2.41. The van der Waals surface area contributed by atoms with Crippen LogP contribution in [0.2, 0.25) is 0 Å². The summed E-state index contributed by atoms with van der Waals surface area (Å²) in [4.78, 5) is 11.4. The second kappa shape index (κ2) is 8.18. The maximum Gasteiger partial charge on any atom is 0.221 e. The first-order valence-electron chi connectivity index (χ1n) is 6.56. The molecule has 0 aliphatic carbocycles. The number of halogens is 1. The molecule has 0 aromatic heterocycles. The van der Waals surface area contributed by atoms with Crippen LogP contribution in [0.3, 0.4) is 0 Å². The van der Waals surface area contributed by atoms with Gasteiger partial charge < -0.3 is 11.1 Å². The van der Waals surface area contributed by atoms with Crippen molar-refractivity contribution in [1.82, 2.24) is 5.32 Å². The Labute approximate surface area is 122 Å². The summed E-state index contributed by atoms with van der Waals surface area (Å²) in [5.41, 5.74) is 7.87. The molecule has 108 valence electrons. The predicted molar refractivity (Wildman–Crippen MR) is 82.8 cm³/mol. The average molecular weight is 285 g/mol. The first-order chi connectivity index (χ1) is 8.49. The second-order valence-electron chi connectivity index (χ2n) is 5.25. The van der Waals surface area contributed by atoms with Gasteiger partial charge in [-0.3, -0.25) is 4.79 Å². The van der Waals surface area contributed by atoms with Gasteiger partial charge in [0.05, 0.1) is 0 Å². The number of hydrogen-bond donors (Lipinski definition) is 2. The van der Waals surface area contributed by atoms with E-state index in [-0.39, 0.29) is 23.7 Å². The van der Waals surface area contributed by atoms with Crippen LogP contribution in [0.4, 0.5) is 0 Å². The minimum absolute atomic E-state index is 0. The largest absolute Gasteiger partial charge is 0.355 e. The highest BCUT2D eigenvalue weighted by Gasteiger charge is 2.21. The minimum atomic E-state index is -0.0590. The standard InChI is InChI=1S/C15H24N2O.ClH/c1-4-12-5-7-13(8-6-12)15(2,3)11-17-14(18)9-10-16;/h5-8H,4,9-11,16H2,1-3H3,(H,17,18);1H. The molecule has 0 spiro atoms. The molecule has 3 N–H and O–H groups in total. The van der Waals surface area contributed by atoms with Crippen LogP contribution in [0.15, 0.2) is 24.3 Å². The number of rotatable bonds is 6. The van der Waals surface area contributed by atoms with E-state index < -0.39 is 0 Å². The van der Waals surface area contributed by atoms with Crippen LogP contribution >= 0.6 is 12.4 Å². The summed E-state index contributed by atoms with van der Waals surface area (Å²) >= 11 is 0. The molecule has 0 heterocycles. The van der Waals surface area contributed by atoms with Crippen LogP contribution in [-0.4, -0.2) is 19.0 Å². The van der Waals surface area contributed by atoms with E-state index in [0.29, 0.717) is 19.5 Å². The van der Waals surface area contributed by atoms with Crippen molar-refractivity contribution in [1.29, 1.82) is 0 Å². The molecule has 0 aliphatic heterocycles. The van der Waals surface area contributed by atoms with Crippen molar-refractivity contribution in [2.24, 2.45) is 5.73 Å². The van der Waals surface area contributed by atoms with E-state index in [0.717, 1.165) is 6.42 Å². The molecular weight excluding hydrogens is 260 g/mol. The lowest BCUT2D eigenvalue weighted by Crippen LogP contribution is -2.37. The number of nitrogens with one attached hydrogen (secondary N) is 1. The van der Waals surface area contributed by atoms with Gasteiger partial charge in [0.2, 0.25) is 5.91 Å². The van der Waals surface area contributed by atoms with Crippen LogP contribution in [-0.2, 0) is 16.6 Å². The molecule has 1 aromatic rings. The lowest BCUT2D eigenvalue weighted by atomic mass is 9.84. The highest BCUT2D eigenvalue weighted by atomic mass is 35.5. The summed E-state index contributed by atoms with van der Waals surface area (Å²) in [5, 5.41) is 2.93. The Morgan fingerprint density at radius 1 is 1.26 bits per heavy atom. The zero-order valence-electron chi connectivity index (χ0n) is 12.0. The molecule has 19 heavy (non-hydrogen) atoms. The maximum atomic E-state index is 11.4. The van der Waals surface area contributed by atoms with Gasteiger partial charge in [-0.2, -0.15) is 0 Å². The Kier molecular flexibility index (Phi) is 7.72. The van der Waals surface area contributed by atoms with E-state index in [9.17, 15) is 4.79 Å². The molecule has 0 atom stereocenters. The summed E-state index contributed by atoms with van der Waals surface area (Å²) in [7, 11) is 0. The third-order valence-corrected chi connectivity index (χ3v) is 3.24. The van der Waals surface area contributed by atoms with Gasteiger partial charge >= 0.3 is 0 Å². The van der Waals surface area contributed by atoms with E-state index in [4.69, 9.17) is 5.73 Å². The van der Waals surface area contributed by atoms with Crippen LogP contribution < -0.4 is 11.1 Å².